The average molecular weight is 363 g/mol. The first-order chi connectivity index (χ1) is 12.2. The van der Waals surface area contributed by atoms with Crippen molar-refractivity contribution < 1.29 is 13.7 Å². The fourth-order valence-corrected chi connectivity index (χ4v) is 4.27. The molecule has 3 nitrogen and oxygen atoms in total. The van der Waals surface area contributed by atoms with Crippen molar-refractivity contribution in [1.29, 1.82) is 0 Å². The molecule has 1 aliphatic rings. The molecular formula is C21H30O3S. The highest BCUT2D eigenvalue weighted by Gasteiger charge is 2.32. The van der Waals surface area contributed by atoms with Crippen molar-refractivity contribution in [1.82, 2.24) is 0 Å². The standard InChI is InChI=1S/C21H30O3S/c1-2-3-4-5-6-7-8-9-11-14-18-17-20(21(22)24-18)25(23)19-15-12-10-13-16-19/h10,12-13,15-17,20H,2-9,11,14H2,1H3. The molecule has 4 heteroatoms. The van der Waals surface area contributed by atoms with Crippen molar-refractivity contribution in [3.63, 3.8) is 0 Å². The third kappa shape index (κ3) is 6.77. The van der Waals surface area contributed by atoms with Crippen LogP contribution in [-0.4, -0.2) is 15.4 Å². The fraction of sp³-hybridized carbons (Fsp3) is 0.571. The Morgan fingerprint density at radius 1 is 0.920 bits per heavy atom. The van der Waals surface area contributed by atoms with Crippen molar-refractivity contribution in [3.8, 4) is 0 Å². The van der Waals surface area contributed by atoms with Crippen molar-refractivity contribution >= 4 is 16.8 Å². The van der Waals surface area contributed by atoms with Crippen molar-refractivity contribution in [2.24, 2.45) is 0 Å². The Morgan fingerprint density at radius 2 is 1.52 bits per heavy atom. The molecule has 0 radical (unpaired) electrons. The largest absolute Gasteiger partial charge is 0.430 e. The molecule has 2 atom stereocenters. The van der Waals surface area contributed by atoms with Crippen LogP contribution in [-0.2, 0) is 20.3 Å². The second-order valence-corrected chi connectivity index (χ2v) is 8.24. The van der Waals surface area contributed by atoms with E-state index >= 15 is 0 Å². The van der Waals surface area contributed by atoms with Crippen LogP contribution in [0.3, 0.4) is 0 Å². The number of hydrogen-bond acceptors (Lipinski definition) is 3. The first-order valence-electron chi connectivity index (χ1n) is 9.60. The summed E-state index contributed by atoms with van der Waals surface area (Å²) in [4.78, 5) is 12.7. The molecule has 0 amide bonds. The summed E-state index contributed by atoms with van der Waals surface area (Å²) in [5.41, 5.74) is 0. The molecule has 138 valence electrons. The molecule has 1 aromatic rings. The Labute approximate surface area is 154 Å². The van der Waals surface area contributed by atoms with Crippen LogP contribution in [0.2, 0.25) is 0 Å². The Morgan fingerprint density at radius 3 is 2.16 bits per heavy atom. The maximum absolute atomic E-state index is 12.5. The zero-order valence-electron chi connectivity index (χ0n) is 15.2. The number of cyclic esters (lactones) is 1. The van der Waals surface area contributed by atoms with Crippen LogP contribution < -0.4 is 0 Å². The number of hydrogen-bond donors (Lipinski definition) is 0. The van der Waals surface area contributed by atoms with Gasteiger partial charge in [0.05, 0.1) is 10.8 Å². The van der Waals surface area contributed by atoms with Gasteiger partial charge in [-0.25, -0.2) is 4.79 Å². The monoisotopic (exact) mass is 362 g/mol. The van der Waals surface area contributed by atoms with E-state index in [9.17, 15) is 9.00 Å². The summed E-state index contributed by atoms with van der Waals surface area (Å²) in [6.07, 6.45) is 13.9. The Kier molecular flexibility index (Phi) is 8.95. The smallest absolute Gasteiger partial charge is 0.331 e. The topological polar surface area (TPSA) is 43.4 Å². The van der Waals surface area contributed by atoms with E-state index in [1.54, 1.807) is 18.2 Å². The van der Waals surface area contributed by atoms with Gasteiger partial charge in [0.2, 0.25) is 0 Å². The SMILES string of the molecule is CCCCCCCCCCCC1=CC(S(=O)c2ccccc2)C(=O)O1. The zero-order valence-corrected chi connectivity index (χ0v) is 16.1. The van der Waals surface area contributed by atoms with E-state index in [0.717, 1.165) is 19.3 Å². The number of esters is 1. The summed E-state index contributed by atoms with van der Waals surface area (Å²) in [7, 11) is -1.38. The fourth-order valence-electron chi connectivity index (χ4n) is 3.05. The predicted octanol–water partition coefficient (Wildman–Crippen LogP) is 5.52. The van der Waals surface area contributed by atoms with Crippen LogP contribution in [0.15, 0.2) is 47.1 Å². The Hall–Kier alpha value is -1.42. The molecule has 1 aliphatic heterocycles. The molecule has 2 rings (SSSR count). The second kappa shape index (κ2) is 11.2. The Balaban J connectivity index is 1.66. The summed E-state index contributed by atoms with van der Waals surface area (Å²) in [6, 6.07) is 9.12. The Bertz CT molecular complexity index is 580. The normalized spacial score (nSPS) is 18.0. The highest BCUT2D eigenvalue weighted by Crippen LogP contribution is 2.24. The number of carbonyl (C=O) groups excluding carboxylic acids is 1. The number of carbonyl (C=O) groups is 1. The van der Waals surface area contributed by atoms with E-state index < -0.39 is 16.0 Å². The molecule has 1 heterocycles. The molecule has 25 heavy (non-hydrogen) atoms. The van der Waals surface area contributed by atoms with Gasteiger partial charge in [-0.3, -0.25) is 4.21 Å². The van der Waals surface area contributed by atoms with E-state index in [1.807, 2.05) is 18.2 Å². The van der Waals surface area contributed by atoms with Crippen LogP contribution >= 0.6 is 0 Å². The van der Waals surface area contributed by atoms with Crippen molar-refractivity contribution in [3.05, 3.63) is 42.2 Å². The molecule has 0 N–H and O–H groups in total. The lowest BCUT2D eigenvalue weighted by Gasteiger charge is -2.04. The summed E-state index contributed by atoms with van der Waals surface area (Å²) >= 11 is 0. The third-order valence-corrected chi connectivity index (χ3v) is 6.06. The van der Waals surface area contributed by atoms with Gasteiger partial charge in [-0.2, -0.15) is 0 Å². The quantitative estimate of drug-likeness (QED) is 0.363. The summed E-state index contributed by atoms with van der Waals surface area (Å²) in [5, 5.41) is -0.657. The van der Waals surface area contributed by atoms with Gasteiger partial charge in [-0.1, -0.05) is 76.5 Å². The van der Waals surface area contributed by atoms with Crippen LogP contribution in [0.1, 0.15) is 71.1 Å². The van der Waals surface area contributed by atoms with Crippen molar-refractivity contribution in [2.45, 2.75) is 81.3 Å². The van der Waals surface area contributed by atoms with Crippen LogP contribution in [0.25, 0.3) is 0 Å². The maximum atomic E-state index is 12.5. The molecule has 2 unspecified atom stereocenters. The van der Waals surface area contributed by atoms with E-state index in [-0.39, 0.29) is 5.97 Å². The minimum atomic E-state index is -1.38. The molecular weight excluding hydrogens is 332 g/mol. The highest BCUT2D eigenvalue weighted by atomic mass is 32.2. The van der Waals surface area contributed by atoms with Gasteiger partial charge in [0, 0.05) is 11.3 Å². The van der Waals surface area contributed by atoms with E-state index in [0.29, 0.717) is 10.7 Å². The third-order valence-electron chi connectivity index (χ3n) is 4.53. The first-order valence-corrected chi connectivity index (χ1v) is 10.8. The molecule has 1 aromatic carbocycles. The molecule has 0 saturated heterocycles. The minimum absolute atomic E-state index is 0.381. The maximum Gasteiger partial charge on any atom is 0.331 e. The number of benzene rings is 1. The lowest BCUT2D eigenvalue weighted by molar-refractivity contribution is -0.136. The molecule has 0 saturated carbocycles. The molecule has 0 fully saturated rings. The molecule has 0 aliphatic carbocycles. The van der Waals surface area contributed by atoms with Gasteiger partial charge in [-0.15, -0.1) is 0 Å². The second-order valence-electron chi connectivity index (χ2n) is 6.66. The van der Waals surface area contributed by atoms with Gasteiger partial charge < -0.3 is 4.74 Å². The van der Waals surface area contributed by atoms with E-state index in [2.05, 4.69) is 6.92 Å². The van der Waals surface area contributed by atoms with E-state index in [4.69, 9.17) is 4.74 Å². The summed E-state index contributed by atoms with van der Waals surface area (Å²) in [5.74, 6) is 0.315. The van der Waals surface area contributed by atoms with Crippen LogP contribution in [0.4, 0.5) is 0 Å². The number of ether oxygens (including phenoxy) is 1. The van der Waals surface area contributed by atoms with Gasteiger partial charge in [-0.05, 0) is 24.6 Å². The van der Waals surface area contributed by atoms with Gasteiger partial charge in [0.1, 0.15) is 5.76 Å². The zero-order chi connectivity index (χ0) is 17.9. The number of allylic oxidation sites excluding steroid dienone is 1. The lowest BCUT2D eigenvalue weighted by Crippen LogP contribution is -2.20. The average Bonchev–Trinajstić information content (AvgIpc) is 3.01. The van der Waals surface area contributed by atoms with Gasteiger partial charge in [0.15, 0.2) is 5.25 Å². The predicted molar refractivity (Wildman–Crippen MR) is 103 cm³/mol. The minimum Gasteiger partial charge on any atom is -0.430 e. The molecule has 0 aromatic heterocycles. The van der Waals surface area contributed by atoms with Crippen LogP contribution in [0, 0.1) is 0 Å². The summed E-state index contributed by atoms with van der Waals surface area (Å²) in [6.45, 7) is 2.24. The molecule has 0 spiro atoms. The first kappa shape index (κ1) is 19.9. The van der Waals surface area contributed by atoms with E-state index in [1.165, 1.54) is 44.9 Å². The van der Waals surface area contributed by atoms with Crippen LogP contribution in [0.5, 0.6) is 0 Å². The lowest BCUT2D eigenvalue weighted by atomic mass is 10.1. The molecule has 0 bridgehead atoms. The summed E-state index contributed by atoms with van der Waals surface area (Å²) < 4.78 is 17.8. The number of unbranched alkanes of at least 4 members (excludes halogenated alkanes) is 8. The number of rotatable bonds is 12. The van der Waals surface area contributed by atoms with Gasteiger partial charge >= 0.3 is 5.97 Å². The van der Waals surface area contributed by atoms with Gasteiger partial charge in [0.25, 0.3) is 0 Å². The van der Waals surface area contributed by atoms with Crippen molar-refractivity contribution in [2.75, 3.05) is 0 Å². The highest BCUT2D eigenvalue weighted by molar-refractivity contribution is 7.86.